The molecule has 2 aromatic heterocycles. The van der Waals surface area contributed by atoms with Crippen LogP contribution in [-0.4, -0.2) is 69.6 Å². The van der Waals surface area contributed by atoms with Crippen molar-refractivity contribution in [2.45, 2.75) is 50.6 Å². The lowest BCUT2D eigenvalue weighted by atomic mass is 10.1. The van der Waals surface area contributed by atoms with Crippen LogP contribution in [0.15, 0.2) is 18.3 Å². The number of piperazine rings is 1. The molecule has 1 N–H and O–H groups in total. The number of pyridine rings is 1. The number of aromatic nitrogens is 3. The molecule has 2 aromatic rings. The standard InChI is InChI=1S/C21H30N6O/c1-25-10-11-26(12-15-6-7-15)14-18(25)20-24-23-19-9-8-16(13-27(19)20)21(28)22-17-4-2-3-5-17/h8-9,13,15,17-18H,2-7,10-12,14H2,1H3,(H,22,28)/t18-/m1/s1. The zero-order valence-corrected chi connectivity index (χ0v) is 16.7. The predicted octanol–water partition coefficient (Wildman–Crippen LogP) is 2.10. The van der Waals surface area contributed by atoms with Crippen LogP contribution in [0.3, 0.4) is 0 Å². The molecule has 150 valence electrons. The minimum atomic E-state index is 0.0146. The number of nitrogens with zero attached hydrogens (tertiary/aromatic N) is 5. The summed E-state index contributed by atoms with van der Waals surface area (Å²) >= 11 is 0. The fourth-order valence-corrected chi connectivity index (χ4v) is 4.65. The third kappa shape index (κ3) is 3.65. The van der Waals surface area contributed by atoms with Gasteiger partial charge in [0, 0.05) is 38.4 Å². The summed E-state index contributed by atoms with van der Waals surface area (Å²) in [5, 5.41) is 12.1. The summed E-state index contributed by atoms with van der Waals surface area (Å²) in [6, 6.07) is 4.30. The van der Waals surface area contributed by atoms with Gasteiger partial charge in [-0.1, -0.05) is 12.8 Å². The number of nitrogens with one attached hydrogen (secondary N) is 1. The first-order valence-corrected chi connectivity index (χ1v) is 10.8. The Morgan fingerprint density at radius 3 is 2.75 bits per heavy atom. The molecule has 5 rings (SSSR count). The minimum Gasteiger partial charge on any atom is -0.349 e. The van der Waals surface area contributed by atoms with E-state index >= 15 is 0 Å². The zero-order chi connectivity index (χ0) is 19.1. The van der Waals surface area contributed by atoms with Crippen molar-refractivity contribution in [1.82, 2.24) is 29.7 Å². The summed E-state index contributed by atoms with van der Waals surface area (Å²) < 4.78 is 2.02. The normalized spacial score (nSPS) is 24.8. The highest BCUT2D eigenvalue weighted by molar-refractivity contribution is 5.94. The molecule has 1 aliphatic heterocycles. The quantitative estimate of drug-likeness (QED) is 0.858. The van der Waals surface area contributed by atoms with Crippen LogP contribution in [0, 0.1) is 5.92 Å². The Labute approximate surface area is 166 Å². The van der Waals surface area contributed by atoms with Crippen molar-refractivity contribution in [2.24, 2.45) is 5.92 Å². The van der Waals surface area contributed by atoms with Crippen molar-refractivity contribution in [3.8, 4) is 0 Å². The topological polar surface area (TPSA) is 65.8 Å². The van der Waals surface area contributed by atoms with Crippen LogP contribution < -0.4 is 5.32 Å². The van der Waals surface area contributed by atoms with Crippen LogP contribution in [-0.2, 0) is 0 Å². The predicted molar refractivity (Wildman–Crippen MR) is 107 cm³/mol. The molecule has 1 atom stereocenters. The maximum Gasteiger partial charge on any atom is 0.252 e. The highest BCUT2D eigenvalue weighted by Gasteiger charge is 2.32. The van der Waals surface area contributed by atoms with E-state index in [0.717, 1.165) is 49.9 Å². The largest absolute Gasteiger partial charge is 0.349 e. The molecule has 3 heterocycles. The molecule has 0 bridgehead atoms. The first-order chi connectivity index (χ1) is 13.7. The average molecular weight is 383 g/mol. The Morgan fingerprint density at radius 2 is 1.96 bits per heavy atom. The van der Waals surface area contributed by atoms with E-state index in [1.807, 2.05) is 22.7 Å². The number of likely N-dealkylation sites (N-methyl/N-ethyl adjacent to an activating group) is 1. The number of hydrogen-bond acceptors (Lipinski definition) is 5. The van der Waals surface area contributed by atoms with E-state index in [1.54, 1.807) is 0 Å². The van der Waals surface area contributed by atoms with Gasteiger partial charge < -0.3 is 5.32 Å². The van der Waals surface area contributed by atoms with Gasteiger partial charge in [0.2, 0.25) is 0 Å². The summed E-state index contributed by atoms with van der Waals surface area (Å²) in [4.78, 5) is 17.7. The van der Waals surface area contributed by atoms with Gasteiger partial charge in [0.15, 0.2) is 11.5 Å². The van der Waals surface area contributed by atoms with Crippen molar-refractivity contribution in [3.63, 3.8) is 0 Å². The van der Waals surface area contributed by atoms with E-state index in [2.05, 4.69) is 32.4 Å². The molecule has 3 aliphatic rings. The first-order valence-electron chi connectivity index (χ1n) is 10.8. The number of hydrogen-bond donors (Lipinski definition) is 1. The third-order valence-corrected chi connectivity index (χ3v) is 6.62. The number of carbonyl (C=O) groups excluding carboxylic acids is 1. The Bertz CT molecular complexity index is 854. The highest BCUT2D eigenvalue weighted by Crippen LogP contribution is 2.32. The van der Waals surface area contributed by atoms with Gasteiger partial charge in [0.1, 0.15) is 0 Å². The molecule has 0 radical (unpaired) electrons. The van der Waals surface area contributed by atoms with Gasteiger partial charge in [-0.3, -0.25) is 19.0 Å². The maximum atomic E-state index is 12.7. The molecular weight excluding hydrogens is 352 g/mol. The number of carbonyl (C=O) groups is 1. The molecule has 0 aromatic carbocycles. The van der Waals surface area contributed by atoms with Crippen molar-refractivity contribution in [3.05, 3.63) is 29.7 Å². The fourth-order valence-electron chi connectivity index (χ4n) is 4.65. The van der Waals surface area contributed by atoms with Crippen molar-refractivity contribution >= 4 is 11.6 Å². The minimum absolute atomic E-state index is 0.0146. The Balaban J connectivity index is 1.38. The molecule has 0 spiro atoms. The van der Waals surface area contributed by atoms with E-state index in [4.69, 9.17) is 0 Å². The van der Waals surface area contributed by atoms with E-state index in [-0.39, 0.29) is 11.9 Å². The molecule has 0 unspecified atom stereocenters. The van der Waals surface area contributed by atoms with Gasteiger partial charge in [-0.05, 0) is 50.8 Å². The number of amides is 1. The molecule has 2 aliphatic carbocycles. The van der Waals surface area contributed by atoms with Gasteiger partial charge in [0.05, 0.1) is 11.6 Å². The molecule has 7 heteroatoms. The molecule has 3 fully saturated rings. The van der Waals surface area contributed by atoms with E-state index in [0.29, 0.717) is 11.6 Å². The van der Waals surface area contributed by atoms with Crippen LogP contribution in [0.2, 0.25) is 0 Å². The highest BCUT2D eigenvalue weighted by atomic mass is 16.1. The second-order valence-electron chi connectivity index (χ2n) is 8.86. The SMILES string of the molecule is CN1CCN(CC2CC2)C[C@@H]1c1nnc2ccc(C(=O)NC3CCCC3)cn12. The van der Waals surface area contributed by atoms with Gasteiger partial charge in [-0.15, -0.1) is 10.2 Å². The smallest absolute Gasteiger partial charge is 0.252 e. The van der Waals surface area contributed by atoms with Gasteiger partial charge in [-0.2, -0.15) is 0 Å². The summed E-state index contributed by atoms with van der Waals surface area (Å²) in [7, 11) is 2.16. The van der Waals surface area contributed by atoms with Crippen LogP contribution in [0.25, 0.3) is 5.65 Å². The van der Waals surface area contributed by atoms with Crippen molar-refractivity contribution < 1.29 is 4.79 Å². The number of rotatable bonds is 5. The zero-order valence-electron chi connectivity index (χ0n) is 16.7. The second kappa shape index (κ2) is 7.44. The summed E-state index contributed by atoms with van der Waals surface area (Å²) in [5.41, 5.74) is 1.49. The molecule has 1 amide bonds. The van der Waals surface area contributed by atoms with Crippen LogP contribution >= 0.6 is 0 Å². The van der Waals surface area contributed by atoms with E-state index in [9.17, 15) is 4.79 Å². The molecule has 28 heavy (non-hydrogen) atoms. The lowest BCUT2D eigenvalue weighted by Gasteiger charge is -2.38. The van der Waals surface area contributed by atoms with Crippen molar-refractivity contribution in [2.75, 3.05) is 33.2 Å². The molecular formula is C21H30N6O. The maximum absolute atomic E-state index is 12.7. The molecule has 7 nitrogen and oxygen atoms in total. The van der Waals surface area contributed by atoms with E-state index in [1.165, 1.54) is 32.2 Å². The Hall–Kier alpha value is -1.99. The molecule has 1 saturated heterocycles. The lowest BCUT2D eigenvalue weighted by molar-refractivity contribution is 0.0869. The molecule has 2 saturated carbocycles. The lowest BCUT2D eigenvalue weighted by Crippen LogP contribution is -2.47. The van der Waals surface area contributed by atoms with Crippen LogP contribution in [0.5, 0.6) is 0 Å². The van der Waals surface area contributed by atoms with Crippen molar-refractivity contribution in [1.29, 1.82) is 0 Å². The average Bonchev–Trinajstić information content (AvgIpc) is 3.19. The third-order valence-electron chi connectivity index (χ3n) is 6.62. The van der Waals surface area contributed by atoms with E-state index < -0.39 is 0 Å². The van der Waals surface area contributed by atoms with Gasteiger partial charge in [-0.25, -0.2) is 0 Å². The summed E-state index contributed by atoms with van der Waals surface area (Å²) in [5.74, 6) is 1.85. The first kappa shape index (κ1) is 18.1. The summed E-state index contributed by atoms with van der Waals surface area (Å²) in [6.45, 7) is 4.34. The van der Waals surface area contributed by atoms with Gasteiger partial charge >= 0.3 is 0 Å². The Kier molecular flexibility index (Phi) is 4.80. The van der Waals surface area contributed by atoms with Gasteiger partial charge in [0.25, 0.3) is 5.91 Å². The summed E-state index contributed by atoms with van der Waals surface area (Å²) in [6.07, 6.45) is 9.29. The second-order valence-corrected chi connectivity index (χ2v) is 8.86. The Morgan fingerprint density at radius 1 is 1.14 bits per heavy atom. The van der Waals surface area contributed by atoms with Crippen LogP contribution in [0.4, 0.5) is 0 Å². The fraction of sp³-hybridized carbons (Fsp3) is 0.667. The van der Waals surface area contributed by atoms with Crippen LogP contribution in [0.1, 0.15) is 60.7 Å². The number of fused-ring (bicyclic) bond motifs is 1. The monoisotopic (exact) mass is 382 g/mol.